The zero-order chi connectivity index (χ0) is 21.6. The normalized spacial score (nSPS) is 26.4. The Kier molecular flexibility index (Phi) is 5.51. The van der Waals surface area contributed by atoms with E-state index in [0.29, 0.717) is 12.3 Å². The van der Waals surface area contributed by atoms with Crippen LogP contribution in [-0.2, 0) is 24.9 Å². The summed E-state index contributed by atoms with van der Waals surface area (Å²) in [5.74, 6) is -5.71. The molecule has 3 heterocycles. The van der Waals surface area contributed by atoms with Gasteiger partial charge in [-0.05, 0) is 0 Å². The molecule has 2 N–H and O–H groups in total. The van der Waals surface area contributed by atoms with Gasteiger partial charge in [-0.2, -0.15) is 0 Å². The predicted molar refractivity (Wildman–Crippen MR) is 92.3 cm³/mol. The molecule has 0 amide bonds. The number of H-pyrrole nitrogens is 1. The Hall–Kier alpha value is -2.15. The standard InChI is InChI=1S/C16H15F4N2O7P/c17-8-2-1-7(13(19)14(8)20)5-26-30(25)27-6-11-10(29-30)3-12(28-11)22-4-9(18)15(23)21-16(22)24/h1-2,4,10-12,25,30H,3,5-6H2,(H,21,23,24)/t10-,11+,12+/m0/s1. The summed E-state index contributed by atoms with van der Waals surface area (Å²) >= 11 is 0. The van der Waals surface area contributed by atoms with Gasteiger partial charge in [-0.1, -0.05) is 0 Å². The van der Waals surface area contributed by atoms with Crippen LogP contribution in [0.4, 0.5) is 17.6 Å². The maximum absolute atomic E-state index is 13.7. The fourth-order valence-corrected chi connectivity index (χ4v) is 4.72. The number of benzene rings is 1. The molecule has 0 unspecified atom stereocenters. The fourth-order valence-electron chi connectivity index (χ4n) is 3.15. The van der Waals surface area contributed by atoms with E-state index in [4.69, 9.17) is 18.3 Å². The van der Waals surface area contributed by atoms with Gasteiger partial charge in [0.25, 0.3) is 0 Å². The third-order valence-corrected chi connectivity index (χ3v) is 6.31. The molecule has 2 fully saturated rings. The van der Waals surface area contributed by atoms with E-state index in [0.717, 1.165) is 10.6 Å². The first-order valence-corrected chi connectivity index (χ1v) is 10.3. The second kappa shape index (κ2) is 7.84. The Labute approximate surface area is 165 Å². The van der Waals surface area contributed by atoms with Crippen LogP contribution in [0, 0.1) is 23.3 Å². The molecular formula is C16H15F4N2O7P. The van der Waals surface area contributed by atoms with Crippen LogP contribution in [0.5, 0.6) is 0 Å². The maximum atomic E-state index is 13.7. The first kappa shape index (κ1) is 21.1. The van der Waals surface area contributed by atoms with Crippen molar-refractivity contribution in [2.75, 3.05) is 6.61 Å². The monoisotopic (exact) mass is 454 g/mol. The zero-order valence-corrected chi connectivity index (χ0v) is 15.9. The molecule has 2 aliphatic heterocycles. The van der Waals surface area contributed by atoms with E-state index in [-0.39, 0.29) is 18.6 Å². The molecule has 0 radical (unpaired) electrons. The summed E-state index contributed by atoms with van der Waals surface area (Å²) in [5.41, 5.74) is -2.44. The summed E-state index contributed by atoms with van der Waals surface area (Å²) in [7, 11) is -4.31. The van der Waals surface area contributed by atoms with Crippen LogP contribution in [0.15, 0.2) is 27.9 Å². The molecule has 2 saturated heterocycles. The number of nitrogens with zero attached hydrogens (tertiary/aromatic N) is 1. The van der Waals surface area contributed by atoms with Gasteiger partial charge in [-0.15, -0.1) is 0 Å². The molecule has 2 aliphatic rings. The number of rotatable bonds is 4. The molecular weight excluding hydrogens is 439 g/mol. The zero-order valence-electron chi connectivity index (χ0n) is 14.9. The summed E-state index contributed by atoms with van der Waals surface area (Å²) in [5, 5.41) is 0. The van der Waals surface area contributed by atoms with Crippen LogP contribution in [0.1, 0.15) is 18.2 Å². The Morgan fingerprint density at radius 1 is 1.17 bits per heavy atom. The van der Waals surface area contributed by atoms with E-state index >= 15 is 0 Å². The number of ether oxygens (including phenoxy) is 1. The number of nitrogens with one attached hydrogen (secondary N) is 1. The molecule has 2 aromatic rings. The van der Waals surface area contributed by atoms with Crippen LogP contribution < -0.4 is 11.2 Å². The van der Waals surface area contributed by atoms with Crippen LogP contribution in [0.3, 0.4) is 0 Å². The molecule has 14 heteroatoms. The van der Waals surface area contributed by atoms with Crippen molar-refractivity contribution in [3.8, 4) is 0 Å². The second-order valence-electron chi connectivity index (χ2n) is 6.62. The minimum atomic E-state index is -4.31. The molecule has 30 heavy (non-hydrogen) atoms. The number of fused-ring (bicyclic) bond motifs is 1. The number of hydrogen-bond acceptors (Lipinski definition) is 7. The summed E-state index contributed by atoms with van der Waals surface area (Å²) in [4.78, 5) is 35.3. The molecule has 1 aromatic heterocycles. The predicted octanol–water partition coefficient (Wildman–Crippen LogP) is 1.41. The van der Waals surface area contributed by atoms with Crippen molar-refractivity contribution in [1.82, 2.24) is 9.55 Å². The van der Waals surface area contributed by atoms with Crippen LogP contribution in [0.25, 0.3) is 0 Å². The molecule has 9 nitrogen and oxygen atoms in total. The molecule has 0 aliphatic carbocycles. The third kappa shape index (κ3) is 3.92. The van der Waals surface area contributed by atoms with E-state index in [1.54, 1.807) is 4.98 Å². The number of aromatic nitrogens is 2. The van der Waals surface area contributed by atoms with Gasteiger partial charge in [-0.3, -0.25) is 0 Å². The Balaban J connectivity index is 1.45. The molecule has 0 spiro atoms. The van der Waals surface area contributed by atoms with Crippen molar-refractivity contribution in [3.05, 3.63) is 68.0 Å². The van der Waals surface area contributed by atoms with Crippen molar-refractivity contribution >= 4 is 8.17 Å². The quantitative estimate of drug-likeness (QED) is 0.408. The van der Waals surface area contributed by atoms with Gasteiger partial charge < -0.3 is 0 Å². The van der Waals surface area contributed by atoms with Crippen LogP contribution in [0.2, 0.25) is 0 Å². The number of halogens is 4. The van der Waals surface area contributed by atoms with Crippen molar-refractivity contribution in [1.29, 1.82) is 0 Å². The van der Waals surface area contributed by atoms with E-state index in [2.05, 4.69) is 0 Å². The summed E-state index contributed by atoms with van der Waals surface area (Å²) < 4.78 is 75.7. The van der Waals surface area contributed by atoms with Gasteiger partial charge in [0.05, 0.1) is 0 Å². The molecule has 3 atom stereocenters. The number of hydrogen-bond donors (Lipinski definition) is 2. The van der Waals surface area contributed by atoms with Gasteiger partial charge in [0.15, 0.2) is 0 Å². The Morgan fingerprint density at radius 3 is 2.70 bits per heavy atom. The third-order valence-electron chi connectivity index (χ3n) is 4.67. The SMILES string of the molecule is O=c1[nH]c(=O)n([C@H]2C[C@@H]3O[PH](O)(OCc4ccc(F)c(F)c4F)OC[C@H]3O2)cc1F. The van der Waals surface area contributed by atoms with E-state index in [1.807, 2.05) is 0 Å². The van der Waals surface area contributed by atoms with E-state index in [1.165, 1.54) is 0 Å². The van der Waals surface area contributed by atoms with Gasteiger partial charge in [-0.25, -0.2) is 0 Å². The Morgan fingerprint density at radius 2 is 1.93 bits per heavy atom. The average molecular weight is 454 g/mol. The summed E-state index contributed by atoms with van der Waals surface area (Å²) in [6.45, 7) is -0.872. The fraction of sp³-hybridized carbons (Fsp3) is 0.375. The van der Waals surface area contributed by atoms with Crippen molar-refractivity contribution in [2.45, 2.75) is 31.5 Å². The van der Waals surface area contributed by atoms with Gasteiger partial charge >= 0.3 is 165 Å². The molecule has 0 saturated carbocycles. The molecule has 0 bridgehead atoms. The van der Waals surface area contributed by atoms with Gasteiger partial charge in [0, 0.05) is 0 Å². The van der Waals surface area contributed by atoms with Crippen molar-refractivity contribution in [3.63, 3.8) is 0 Å². The topological polar surface area (TPSA) is 112 Å². The van der Waals surface area contributed by atoms with Crippen LogP contribution >= 0.6 is 8.17 Å². The first-order chi connectivity index (χ1) is 14.2. The molecule has 4 rings (SSSR count). The van der Waals surface area contributed by atoms with E-state index < -0.39 is 67.7 Å². The molecule has 164 valence electrons. The first-order valence-electron chi connectivity index (χ1n) is 8.64. The molecule has 1 aromatic carbocycles. The van der Waals surface area contributed by atoms with Gasteiger partial charge in [0.2, 0.25) is 0 Å². The van der Waals surface area contributed by atoms with Gasteiger partial charge in [0.1, 0.15) is 0 Å². The second-order valence-corrected chi connectivity index (χ2v) is 8.48. The van der Waals surface area contributed by atoms with Crippen molar-refractivity contribution in [2.24, 2.45) is 0 Å². The summed E-state index contributed by atoms with van der Waals surface area (Å²) in [6.07, 6.45) is -1.90. The van der Waals surface area contributed by atoms with E-state index in [9.17, 15) is 32.0 Å². The summed E-state index contributed by atoms with van der Waals surface area (Å²) in [6, 6.07) is 1.65. The number of aromatic amines is 1. The average Bonchev–Trinajstić information content (AvgIpc) is 3.11. The van der Waals surface area contributed by atoms with Crippen LogP contribution in [-0.4, -0.2) is 33.3 Å². The minimum absolute atomic E-state index is 0.0162. The Bertz CT molecular complexity index is 1100. The van der Waals surface area contributed by atoms with Crippen molar-refractivity contribution < 1.29 is 40.8 Å².